The van der Waals surface area contributed by atoms with Gasteiger partial charge in [0.25, 0.3) is 0 Å². The molecule has 1 aliphatic rings. The Labute approximate surface area is 154 Å². The minimum absolute atomic E-state index is 0.0600. The molecule has 4 nitrogen and oxygen atoms in total. The van der Waals surface area contributed by atoms with Gasteiger partial charge in [-0.15, -0.1) is 0 Å². The second-order valence-corrected chi connectivity index (χ2v) is 8.84. The third-order valence-corrected chi connectivity index (χ3v) is 6.61. The maximum absolute atomic E-state index is 12.9. The molecule has 2 aromatic rings. The van der Waals surface area contributed by atoms with Crippen LogP contribution >= 0.6 is 0 Å². The van der Waals surface area contributed by atoms with Crippen molar-refractivity contribution in [1.29, 1.82) is 0 Å². The molecule has 26 heavy (non-hydrogen) atoms. The molecule has 0 aromatic heterocycles. The predicted molar refractivity (Wildman–Crippen MR) is 99.3 cm³/mol. The summed E-state index contributed by atoms with van der Waals surface area (Å²) >= 11 is 0. The van der Waals surface area contributed by atoms with Gasteiger partial charge in [0, 0.05) is 13.1 Å². The predicted octanol–water partition coefficient (Wildman–Crippen LogP) is 4.18. The third-order valence-electron chi connectivity index (χ3n) is 4.70. The van der Waals surface area contributed by atoms with Crippen molar-refractivity contribution in [2.45, 2.75) is 43.6 Å². The summed E-state index contributed by atoms with van der Waals surface area (Å²) < 4.78 is 45.9. The average Bonchev–Trinajstić information content (AvgIpc) is 2.64. The van der Waals surface area contributed by atoms with Crippen LogP contribution in [0.2, 0.25) is 0 Å². The highest BCUT2D eigenvalue weighted by Gasteiger charge is 2.30. The topological polar surface area (TPSA) is 46.6 Å². The molecule has 140 valence electrons. The van der Waals surface area contributed by atoms with Crippen LogP contribution in [0.4, 0.5) is 4.39 Å². The zero-order chi connectivity index (χ0) is 18.7. The number of ether oxygens (including phenoxy) is 1. The Hall–Kier alpha value is -1.92. The van der Waals surface area contributed by atoms with Gasteiger partial charge in [-0.1, -0.05) is 26.0 Å². The van der Waals surface area contributed by atoms with Gasteiger partial charge >= 0.3 is 0 Å². The van der Waals surface area contributed by atoms with Crippen LogP contribution in [0.15, 0.2) is 53.4 Å². The number of piperidine rings is 1. The van der Waals surface area contributed by atoms with E-state index < -0.39 is 10.0 Å². The molecule has 1 heterocycles. The summed E-state index contributed by atoms with van der Waals surface area (Å²) in [5.74, 6) is 0.671. The van der Waals surface area contributed by atoms with E-state index in [0.717, 1.165) is 5.56 Å². The number of benzene rings is 2. The van der Waals surface area contributed by atoms with Crippen LogP contribution in [-0.2, 0) is 10.0 Å². The fraction of sp³-hybridized carbons (Fsp3) is 0.400. The van der Waals surface area contributed by atoms with Crippen molar-refractivity contribution in [3.05, 3.63) is 59.9 Å². The van der Waals surface area contributed by atoms with E-state index in [1.165, 1.54) is 16.4 Å². The van der Waals surface area contributed by atoms with E-state index in [9.17, 15) is 12.8 Å². The molecule has 0 N–H and O–H groups in total. The van der Waals surface area contributed by atoms with Gasteiger partial charge in [-0.25, -0.2) is 12.8 Å². The molecule has 0 aliphatic carbocycles. The first-order chi connectivity index (χ1) is 12.4. The van der Waals surface area contributed by atoms with Gasteiger partial charge in [0.1, 0.15) is 17.7 Å². The Morgan fingerprint density at radius 3 is 2.12 bits per heavy atom. The van der Waals surface area contributed by atoms with Gasteiger partial charge in [0.05, 0.1) is 4.90 Å². The lowest BCUT2D eigenvalue weighted by atomic mass is 10.0. The zero-order valence-corrected chi connectivity index (χ0v) is 15.9. The van der Waals surface area contributed by atoms with Gasteiger partial charge in [-0.05, 0) is 60.7 Å². The van der Waals surface area contributed by atoms with E-state index in [1.807, 2.05) is 12.1 Å². The summed E-state index contributed by atoms with van der Waals surface area (Å²) in [6.07, 6.45) is 1.16. The normalized spacial score (nSPS) is 16.8. The van der Waals surface area contributed by atoms with Crippen LogP contribution in [-0.4, -0.2) is 31.9 Å². The Bertz CT molecular complexity index is 824. The van der Waals surface area contributed by atoms with Gasteiger partial charge in [0.15, 0.2) is 0 Å². The van der Waals surface area contributed by atoms with E-state index >= 15 is 0 Å². The molecule has 0 spiro atoms. The Kier molecular flexibility index (Phi) is 5.63. The maximum atomic E-state index is 12.9. The van der Waals surface area contributed by atoms with Crippen molar-refractivity contribution >= 4 is 10.0 Å². The van der Waals surface area contributed by atoms with E-state index in [0.29, 0.717) is 42.5 Å². The van der Waals surface area contributed by atoms with Crippen molar-refractivity contribution in [2.24, 2.45) is 0 Å². The van der Waals surface area contributed by atoms with Crippen LogP contribution in [0.5, 0.6) is 5.75 Å². The molecule has 6 heteroatoms. The fourth-order valence-electron chi connectivity index (χ4n) is 3.07. The lowest BCUT2D eigenvalue weighted by Gasteiger charge is -2.31. The molecule has 1 fully saturated rings. The monoisotopic (exact) mass is 377 g/mol. The quantitative estimate of drug-likeness (QED) is 0.785. The molecule has 0 atom stereocenters. The summed E-state index contributed by atoms with van der Waals surface area (Å²) in [5.41, 5.74) is 1.12. The highest BCUT2D eigenvalue weighted by Crippen LogP contribution is 2.25. The number of nitrogens with zero attached hydrogens (tertiary/aromatic N) is 1. The summed E-state index contributed by atoms with van der Waals surface area (Å²) in [7, 11) is -3.48. The van der Waals surface area contributed by atoms with Crippen LogP contribution in [0, 0.1) is 5.82 Å². The molecule has 0 radical (unpaired) electrons. The molecule has 1 saturated heterocycles. The van der Waals surface area contributed by atoms with Crippen molar-refractivity contribution in [2.75, 3.05) is 13.1 Å². The molecule has 1 aliphatic heterocycles. The van der Waals surface area contributed by atoms with Gasteiger partial charge in [-0.2, -0.15) is 4.31 Å². The Morgan fingerprint density at radius 1 is 1.00 bits per heavy atom. The first-order valence-corrected chi connectivity index (χ1v) is 10.3. The van der Waals surface area contributed by atoms with Crippen LogP contribution < -0.4 is 4.74 Å². The molecule has 0 unspecified atom stereocenters. The number of sulfonamides is 1. The third kappa shape index (κ3) is 4.24. The Morgan fingerprint density at radius 2 is 1.58 bits per heavy atom. The smallest absolute Gasteiger partial charge is 0.243 e. The molecule has 2 aromatic carbocycles. The fourth-order valence-corrected chi connectivity index (χ4v) is 4.54. The number of rotatable bonds is 5. The van der Waals surface area contributed by atoms with Gasteiger partial charge < -0.3 is 4.74 Å². The summed E-state index contributed by atoms with van der Waals surface area (Å²) in [4.78, 5) is 0.333. The van der Waals surface area contributed by atoms with Crippen molar-refractivity contribution < 1.29 is 17.5 Å². The number of hydrogen-bond donors (Lipinski definition) is 0. The first-order valence-electron chi connectivity index (χ1n) is 8.88. The highest BCUT2D eigenvalue weighted by atomic mass is 32.2. The van der Waals surface area contributed by atoms with E-state index in [-0.39, 0.29) is 11.9 Å². The van der Waals surface area contributed by atoms with E-state index in [4.69, 9.17) is 4.74 Å². The van der Waals surface area contributed by atoms with Crippen molar-refractivity contribution in [3.63, 3.8) is 0 Å². The zero-order valence-electron chi connectivity index (χ0n) is 15.1. The van der Waals surface area contributed by atoms with Crippen LogP contribution in [0.1, 0.15) is 38.2 Å². The highest BCUT2D eigenvalue weighted by molar-refractivity contribution is 7.89. The molecule has 0 saturated carbocycles. The van der Waals surface area contributed by atoms with E-state index in [1.54, 1.807) is 24.3 Å². The van der Waals surface area contributed by atoms with Crippen molar-refractivity contribution in [3.8, 4) is 5.75 Å². The summed E-state index contributed by atoms with van der Waals surface area (Å²) in [5, 5.41) is 0. The minimum atomic E-state index is -3.48. The standard InChI is InChI=1S/C20H24FNO3S/c1-15(2)16-3-9-20(10-4-16)26(23,24)22-13-11-19(12-14-22)25-18-7-5-17(21)6-8-18/h3-10,15,19H,11-14H2,1-2H3. The Balaban J connectivity index is 1.62. The minimum Gasteiger partial charge on any atom is -0.490 e. The number of halogens is 1. The van der Waals surface area contributed by atoms with E-state index in [2.05, 4.69) is 13.8 Å². The van der Waals surface area contributed by atoms with Crippen LogP contribution in [0.25, 0.3) is 0 Å². The molecular weight excluding hydrogens is 353 g/mol. The molecule has 3 rings (SSSR count). The molecule has 0 amide bonds. The second-order valence-electron chi connectivity index (χ2n) is 6.90. The summed E-state index contributed by atoms with van der Waals surface area (Å²) in [6.45, 7) is 4.99. The average molecular weight is 377 g/mol. The second kappa shape index (κ2) is 7.76. The van der Waals surface area contributed by atoms with Gasteiger partial charge in [0.2, 0.25) is 10.0 Å². The first kappa shape index (κ1) is 18.9. The van der Waals surface area contributed by atoms with Crippen molar-refractivity contribution in [1.82, 2.24) is 4.31 Å². The lowest BCUT2D eigenvalue weighted by molar-refractivity contribution is 0.135. The van der Waals surface area contributed by atoms with Crippen LogP contribution in [0.3, 0.4) is 0 Å². The molecular formula is C20H24FNO3S. The number of hydrogen-bond acceptors (Lipinski definition) is 3. The molecule has 0 bridgehead atoms. The summed E-state index contributed by atoms with van der Waals surface area (Å²) in [6, 6.07) is 13.0. The SMILES string of the molecule is CC(C)c1ccc(S(=O)(=O)N2CCC(Oc3ccc(F)cc3)CC2)cc1. The largest absolute Gasteiger partial charge is 0.490 e. The van der Waals surface area contributed by atoms with Gasteiger partial charge in [-0.3, -0.25) is 0 Å². The maximum Gasteiger partial charge on any atom is 0.243 e. The lowest BCUT2D eigenvalue weighted by Crippen LogP contribution is -2.41.